The maximum atomic E-state index is 13.5. The topological polar surface area (TPSA) is 151 Å². The summed E-state index contributed by atoms with van der Waals surface area (Å²) >= 11 is 0. The zero-order valence-electron chi connectivity index (χ0n) is 26.4. The number of aliphatic hydroxyl groups is 1. The average Bonchev–Trinajstić information content (AvgIpc) is 3.54. The number of Topliss-reactive ketones (excluding diaryl/α,β-unsaturated/α-hetero) is 1. The number of carbonyl (C=O) groups excluding carboxylic acids is 2. The Bertz CT molecular complexity index is 1660. The lowest BCUT2D eigenvalue weighted by Gasteiger charge is -2.32. The molecule has 4 aliphatic heterocycles. The molecular weight excluding hydrogens is 608 g/mol. The molecule has 0 spiro atoms. The number of benzene rings is 1. The molecule has 0 aromatic heterocycles. The molecule has 2 amide bonds. The summed E-state index contributed by atoms with van der Waals surface area (Å²) in [6.07, 6.45) is 5.09. The van der Waals surface area contributed by atoms with Crippen molar-refractivity contribution in [1.29, 1.82) is 0 Å². The largest absolute Gasteiger partial charge is 0.493 e. The highest BCUT2D eigenvalue weighted by Crippen LogP contribution is 2.40. The van der Waals surface area contributed by atoms with E-state index in [9.17, 15) is 24.6 Å². The predicted octanol–water partition coefficient (Wildman–Crippen LogP) is 3.90. The highest BCUT2D eigenvalue weighted by molar-refractivity contribution is 6.12. The number of aliphatic hydroxyl groups excluding tert-OH is 1. The first kappa shape index (κ1) is 31.9. The van der Waals surface area contributed by atoms with E-state index in [1.54, 1.807) is 34.3 Å². The standard InChI is InChI=1S/C34H38N4O9/c1-19-10-21-15-35-24-13-28(27(44-3)12-22(24)32(40)37(21)17-19)46-8-6-5-7-9-47-29-14-25-23(30(39)31(29)45-4)18-36-16-20(2)11-26(36)33(41)38(25)34(42)43/h12-15,18,21,26,33,41H,1-2,5-11,16-17H2,3-4H3,(H,42,43)/t21-,26-,33-/m0/s1. The number of fused-ring (bicyclic) bond motifs is 4. The van der Waals surface area contributed by atoms with Gasteiger partial charge in [-0.3, -0.25) is 14.6 Å². The van der Waals surface area contributed by atoms with Gasteiger partial charge in [-0.2, -0.15) is 0 Å². The van der Waals surface area contributed by atoms with E-state index in [2.05, 4.69) is 18.2 Å². The predicted molar refractivity (Wildman–Crippen MR) is 170 cm³/mol. The van der Waals surface area contributed by atoms with Crippen LogP contribution in [0.2, 0.25) is 0 Å². The van der Waals surface area contributed by atoms with Crippen molar-refractivity contribution in [2.75, 3.05) is 40.5 Å². The smallest absolute Gasteiger partial charge is 0.414 e. The van der Waals surface area contributed by atoms with Crippen LogP contribution in [0.5, 0.6) is 11.5 Å². The van der Waals surface area contributed by atoms with Crippen LogP contribution >= 0.6 is 0 Å². The molecule has 1 aromatic rings. The Morgan fingerprint density at radius 3 is 2.47 bits per heavy atom. The molecule has 0 radical (unpaired) electrons. The molecule has 4 heterocycles. The number of allylic oxidation sites excluding steroid dienone is 3. The molecule has 47 heavy (non-hydrogen) atoms. The molecule has 0 saturated carbocycles. The molecule has 6 rings (SSSR count). The van der Waals surface area contributed by atoms with Crippen LogP contribution < -0.4 is 9.47 Å². The van der Waals surface area contributed by atoms with Gasteiger partial charge < -0.3 is 39.0 Å². The van der Waals surface area contributed by atoms with Crippen LogP contribution in [-0.2, 0) is 14.3 Å². The van der Waals surface area contributed by atoms with Gasteiger partial charge in [0.05, 0.1) is 62.0 Å². The van der Waals surface area contributed by atoms with Gasteiger partial charge in [0.2, 0.25) is 11.5 Å². The summed E-state index contributed by atoms with van der Waals surface area (Å²) in [5.74, 6) is 0.346. The molecule has 248 valence electrons. The lowest BCUT2D eigenvalue weighted by molar-refractivity contribution is -0.115. The highest BCUT2D eigenvalue weighted by atomic mass is 16.5. The third-order valence-corrected chi connectivity index (χ3v) is 8.88. The SMILES string of the molecule is C=C1C[C@H]2[C@H](O)N(C(=O)O)C3=CC(OCCCCCOc4cc5c(cc4OC)C(=O)N4CC(=C)C[C@H]4C=N5)=C(OC)C(=O)C3=CN2C1. The van der Waals surface area contributed by atoms with E-state index in [-0.39, 0.29) is 41.3 Å². The number of carboxylic acid groups (broad SMARTS) is 1. The van der Waals surface area contributed by atoms with E-state index in [0.717, 1.165) is 22.5 Å². The molecular formula is C34H38N4O9. The zero-order chi connectivity index (χ0) is 33.4. The van der Waals surface area contributed by atoms with Crippen molar-refractivity contribution in [2.45, 2.75) is 50.4 Å². The number of methoxy groups -OCH3 is 2. The summed E-state index contributed by atoms with van der Waals surface area (Å²) in [4.78, 5) is 47.8. The molecule has 13 heteroatoms. The minimum atomic E-state index is -1.41. The van der Waals surface area contributed by atoms with E-state index in [1.807, 2.05) is 0 Å². The number of ketones is 1. The Morgan fingerprint density at radius 1 is 1.00 bits per heavy atom. The van der Waals surface area contributed by atoms with Crippen LogP contribution in [0.1, 0.15) is 42.5 Å². The van der Waals surface area contributed by atoms with Crippen LogP contribution in [0.25, 0.3) is 0 Å². The van der Waals surface area contributed by atoms with Crippen LogP contribution in [0.15, 0.2) is 76.5 Å². The molecule has 5 aliphatic rings. The Hall–Kier alpha value is -5.04. The van der Waals surface area contributed by atoms with Gasteiger partial charge in [-0.1, -0.05) is 24.3 Å². The Balaban J connectivity index is 1.06. The maximum Gasteiger partial charge on any atom is 0.414 e. The first-order valence-corrected chi connectivity index (χ1v) is 15.5. The number of nitrogens with zero attached hydrogens (tertiary/aromatic N) is 4. The van der Waals surface area contributed by atoms with Crippen LogP contribution in [0.3, 0.4) is 0 Å². The minimum Gasteiger partial charge on any atom is -0.493 e. The van der Waals surface area contributed by atoms with Gasteiger partial charge in [-0.05, 0) is 38.2 Å². The number of hydrogen-bond acceptors (Lipinski definition) is 10. The molecule has 2 N–H and O–H groups in total. The maximum absolute atomic E-state index is 13.5. The average molecular weight is 647 g/mol. The molecule has 3 atom stereocenters. The number of rotatable bonds is 10. The van der Waals surface area contributed by atoms with Crippen LogP contribution in [0, 0.1) is 0 Å². The molecule has 0 unspecified atom stereocenters. The number of amides is 2. The van der Waals surface area contributed by atoms with Crippen molar-refractivity contribution in [2.24, 2.45) is 4.99 Å². The van der Waals surface area contributed by atoms with Gasteiger partial charge in [0.25, 0.3) is 5.91 Å². The van der Waals surface area contributed by atoms with Crippen molar-refractivity contribution in [3.8, 4) is 11.5 Å². The molecule has 2 fully saturated rings. The first-order chi connectivity index (χ1) is 22.6. The molecule has 13 nitrogen and oxygen atoms in total. The van der Waals surface area contributed by atoms with E-state index in [0.29, 0.717) is 68.1 Å². The summed E-state index contributed by atoms with van der Waals surface area (Å²) in [6.45, 7) is 9.49. The summed E-state index contributed by atoms with van der Waals surface area (Å²) in [7, 11) is 2.88. The fraction of sp³-hybridized carbons (Fsp3) is 0.412. The highest BCUT2D eigenvalue weighted by Gasteiger charge is 2.45. The van der Waals surface area contributed by atoms with Gasteiger partial charge in [0, 0.05) is 37.6 Å². The lowest BCUT2D eigenvalue weighted by Crippen LogP contribution is -2.48. The van der Waals surface area contributed by atoms with Crippen LogP contribution in [-0.4, -0.2) is 108 Å². The number of carbonyl (C=O) groups is 3. The van der Waals surface area contributed by atoms with Gasteiger partial charge in [-0.25, -0.2) is 9.69 Å². The number of aliphatic imine (C=N–C) groups is 1. The van der Waals surface area contributed by atoms with E-state index in [4.69, 9.17) is 18.9 Å². The van der Waals surface area contributed by atoms with Crippen molar-refractivity contribution in [3.63, 3.8) is 0 Å². The molecule has 1 aromatic carbocycles. The van der Waals surface area contributed by atoms with E-state index in [1.165, 1.54) is 20.3 Å². The van der Waals surface area contributed by atoms with Crippen molar-refractivity contribution in [1.82, 2.24) is 14.7 Å². The summed E-state index contributed by atoms with van der Waals surface area (Å²) in [5.41, 5.74) is 2.95. The quantitative estimate of drug-likeness (QED) is 0.283. The molecule has 1 aliphatic carbocycles. The molecule has 0 bridgehead atoms. The normalized spacial score (nSPS) is 23.4. The first-order valence-electron chi connectivity index (χ1n) is 15.5. The van der Waals surface area contributed by atoms with E-state index >= 15 is 0 Å². The third-order valence-electron chi connectivity index (χ3n) is 8.88. The minimum absolute atomic E-state index is 0.0331. The summed E-state index contributed by atoms with van der Waals surface area (Å²) in [6, 6.07) is 2.72. The number of hydrogen-bond donors (Lipinski definition) is 2. The Morgan fingerprint density at radius 2 is 1.74 bits per heavy atom. The second kappa shape index (κ2) is 13.0. The summed E-state index contributed by atoms with van der Waals surface area (Å²) < 4.78 is 22.9. The Kier molecular flexibility index (Phi) is 8.82. The second-order valence-corrected chi connectivity index (χ2v) is 12.1. The Labute approximate surface area is 272 Å². The zero-order valence-corrected chi connectivity index (χ0v) is 26.4. The number of unbranched alkanes of at least 4 members (excludes halogenated alkanes) is 2. The lowest BCUT2D eigenvalue weighted by atomic mass is 9.99. The van der Waals surface area contributed by atoms with Gasteiger partial charge in [0.1, 0.15) is 0 Å². The fourth-order valence-electron chi connectivity index (χ4n) is 6.56. The van der Waals surface area contributed by atoms with Crippen molar-refractivity contribution < 1.29 is 43.5 Å². The molecule has 2 saturated heterocycles. The monoisotopic (exact) mass is 646 g/mol. The van der Waals surface area contributed by atoms with Crippen molar-refractivity contribution >= 4 is 29.7 Å². The number of ether oxygens (including phenoxy) is 4. The van der Waals surface area contributed by atoms with Crippen LogP contribution in [0.4, 0.5) is 10.5 Å². The van der Waals surface area contributed by atoms with Gasteiger partial charge in [0.15, 0.2) is 23.5 Å². The fourth-order valence-corrected chi connectivity index (χ4v) is 6.56. The van der Waals surface area contributed by atoms with Crippen molar-refractivity contribution in [3.05, 3.63) is 77.1 Å². The van der Waals surface area contributed by atoms with Gasteiger partial charge in [-0.15, -0.1) is 0 Å². The second-order valence-electron chi connectivity index (χ2n) is 12.1. The van der Waals surface area contributed by atoms with Gasteiger partial charge >= 0.3 is 6.09 Å². The third kappa shape index (κ3) is 5.98. The summed E-state index contributed by atoms with van der Waals surface area (Å²) in [5, 5.41) is 21.0. The van der Waals surface area contributed by atoms with E-state index < -0.39 is 24.1 Å².